The van der Waals surface area contributed by atoms with Crippen LogP contribution in [-0.2, 0) is 11.3 Å². The van der Waals surface area contributed by atoms with Gasteiger partial charge in [-0.1, -0.05) is 44.2 Å². The molecule has 30 heavy (non-hydrogen) atoms. The zero-order chi connectivity index (χ0) is 21.5. The number of hydrogen-bond donors (Lipinski definition) is 3. The summed E-state index contributed by atoms with van der Waals surface area (Å²) in [5.74, 6) is -1.17. The molecule has 2 aromatic carbocycles. The highest BCUT2D eigenvalue weighted by Gasteiger charge is 2.24. The van der Waals surface area contributed by atoms with Crippen LogP contribution < -0.4 is 16.0 Å². The van der Waals surface area contributed by atoms with E-state index in [1.807, 2.05) is 44.2 Å². The Balaban J connectivity index is 1.61. The van der Waals surface area contributed by atoms with E-state index in [-0.39, 0.29) is 17.3 Å². The molecule has 0 aliphatic rings. The fraction of sp³-hybridized carbons (Fsp3) is 0.238. The van der Waals surface area contributed by atoms with Gasteiger partial charge in [-0.15, -0.1) is 0 Å². The largest absolute Gasteiger partial charge is 0.334 e. The monoisotopic (exact) mass is 410 g/mol. The molecule has 0 saturated carbocycles. The van der Waals surface area contributed by atoms with E-state index < -0.39 is 23.8 Å². The number of urea groups is 1. The molecule has 0 bridgehead atoms. The van der Waals surface area contributed by atoms with Crippen molar-refractivity contribution >= 4 is 17.6 Å². The average molecular weight is 410 g/mol. The van der Waals surface area contributed by atoms with E-state index in [0.717, 1.165) is 5.56 Å². The van der Waals surface area contributed by atoms with Crippen molar-refractivity contribution in [2.75, 3.05) is 5.32 Å². The van der Waals surface area contributed by atoms with Crippen molar-refractivity contribution in [3.8, 4) is 5.69 Å². The molecule has 8 nitrogen and oxygen atoms in total. The molecule has 3 aromatic rings. The number of rotatable bonds is 7. The molecule has 1 unspecified atom stereocenters. The molecule has 9 heteroatoms. The van der Waals surface area contributed by atoms with Gasteiger partial charge < -0.3 is 16.0 Å². The van der Waals surface area contributed by atoms with Gasteiger partial charge in [0.05, 0.1) is 0 Å². The zero-order valence-corrected chi connectivity index (χ0v) is 16.7. The minimum Gasteiger partial charge on any atom is -0.334 e. The highest BCUT2D eigenvalue weighted by molar-refractivity contribution is 5.97. The Morgan fingerprint density at radius 3 is 2.53 bits per heavy atom. The number of nitrogens with one attached hydrogen (secondary N) is 3. The first-order valence-corrected chi connectivity index (χ1v) is 9.47. The van der Waals surface area contributed by atoms with Crippen LogP contribution in [0.25, 0.3) is 5.69 Å². The topological polar surface area (TPSA) is 101 Å². The Morgan fingerprint density at radius 1 is 1.13 bits per heavy atom. The maximum Gasteiger partial charge on any atom is 0.315 e. The first kappa shape index (κ1) is 21.0. The molecule has 0 fully saturated rings. The molecule has 3 N–H and O–H groups in total. The normalized spacial score (nSPS) is 11.7. The Labute approximate surface area is 173 Å². The molecule has 0 saturated heterocycles. The number of carbonyl (C=O) groups excluding carboxylic acids is 2. The molecule has 0 spiro atoms. The van der Waals surface area contributed by atoms with E-state index in [1.54, 1.807) is 6.07 Å². The lowest BCUT2D eigenvalue weighted by Crippen LogP contribution is -2.50. The summed E-state index contributed by atoms with van der Waals surface area (Å²) in [4.78, 5) is 28.7. The number of aromatic nitrogens is 3. The van der Waals surface area contributed by atoms with Crippen LogP contribution in [0.2, 0.25) is 0 Å². The summed E-state index contributed by atoms with van der Waals surface area (Å²) < 4.78 is 15.7. The number of nitrogens with zero attached hydrogens (tertiary/aromatic N) is 3. The second kappa shape index (κ2) is 9.64. The summed E-state index contributed by atoms with van der Waals surface area (Å²) in [6.07, 6.45) is 2.68. The van der Waals surface area contributed by atoms with Crippen LogP contribution in [0.15, 0.2) is 61.2 Å². The quantitative estimate of drug-likeness (QED) is 0.557. The van der Waals surface area contributed by atoms with Crippen molar-refractivity contribution in [1.82, 2.24) is 25.4 Å². The van der Waals surface area contributed by atoms with Crippen LogP contribution in [-0.4, -0.2) is 32.7 Å². The van der Waals surface area contributed by atoms with Gasteiger partial charge in [0.2, 0.25) is 5.91 Å². The van der Waals surface area contributed by atoms with Crippen LogP contribution >= 0.6 is 0 Å². The Hall–Kier alpha value is -3.75. The zero-order valence-electron chi connectivity index (χ0n) is 16.7. The molecule has 0 radical (unpaired) electrons. The third-order valence-corrected chi connectivity index (χ3v) is 4.41. The van der Waals surface area contributed by atoms with Crippen molar-refractivity contribution in [3.63, 3.8) is 0 Å². The van der Waals surface area contributed by atoms with Crippen molar-refractivity contribution < 1.29 is 14.0 Å². The maximum atomic E-state index is 14.4. The van der Waals surface area contributed by atoms with E-state index in [1.165, 1.54) is 29.5 Å². The van der Waals surface area contributed by atoms with E-state index >= 15 is 0 Å². The average Bonchev–Trinajstić information content (AvgIpc) is 3.25. The lowest BCUT2D eigenvalue weighted by Gasteiger charge is -2.22. The minimum atomic E-state index is -0.793. The van der Waals surface area contributed by atoms with E-state index in [2.05, 4.69) is 26.0 Å². The van der Waals surface area contributed by atoms with E-state index in [9.17, 15) is 14.0 Å². The summed E-state index contributed by atoms with van der Waals surface area (Å²) in [7, 11) is 0. The molecule has 3 amide bonds. The predicted octanol–water partition coefficient (Wildman–Crippen LogP) is 2.87. The molecule has 3 rings (SSSR count). The number of amides is 3. The number of benzene rings is 2. The van der Waals surface area contributed by atoms with Gasteiger partial charge in [0.15, 0.2) is 5.82 Å². The molecular formula is C21H23FN6O2. The first-order chi connectivity index (χ1) is 14.4. The van der Waals surface area contributed by atoms with Crippen LogP contribution in [0.1, 0.15) is 19.4 Å². The number of hydrogen-bond acceptors (Lipinski definition) is 4. The van der Waals surface area contributed by atoms with Gasteiger partial charge in [-0.05, 0) is 29.7 Å². The van der Waals surface area contributed by atoms with Crippen LogP contribution in [0.3, 0.4) is 0 Å². The van der Waals surface area contributed by atoms with Crippen molar-refractivity contribution in [3.05, 3.63) is 72.6 Å². The highest BCUT2D eigenvalue weighted by Crippen LogP contribution is 2.18. The molecular weight excluding hydrogens is 387 g/mol. The number of carbonyl (C=O) groups is 2. The standard InChI is InChI=1S/C21H23FN6O2/c1-14(2)19(27-21(30)24-11-15-6-4-3-5-7-15)20(29)26-16-8-9-18(17(22)10-16)28-13-23-12-25-28/h3-10,12-14,19H,11H2,1-2H3,(H,26,29)(H2,24,27,30). The number of halogens is 1. The smallest absolute Gasteiger partial charge is 0.315 e. The van der Waals surface area contributed by atoms with Gasteiger partial charge in [-0.25, -0.2) is 18.9 Å². The van der Waals surface area contributed by atoms with Crippen LogP contribution in [0, 0.1) is 11.7 Å². The van der Waals surface area contributed by atoms with Crippen LogP contribution in [0.5, 0.6) is 0 Å². The highest BCUT2D eigenvalue weighted by atomic mass is 19.1. The number of anilines is 1. The molecule has 1 atom stereocenters. The van der Waals surface area contributed by atoms with Gasteiger partial charge >= 0.3 is 6.03 Å². The lowest BCUT2D eigenvalue weighted by atomic mass is 10.0. The van der Waals surface area contributed by atoms with E-state index in [0.29, 0.717) is 6.54 Å². The summed E-state index contributed by atoms with van der Waals surface area (Å²) >= 11 is 0. The third kappa shape index (κ3) is 5.40. The van der Waals surface area contributed by atoms with Gasteiger partial charge in [-0.3, -0.25) is 4.79 Å². The van der Waals surface area contributed by atoms with Crippen molar-refractivity contribution in [1.29, 1.82) is 0 Å². The summed E-state index contributed by atoms with van der Waals surface area (Å²) in [5.41, 5.74) is 1.43. The Bertz CT molecular complexity index is 992. The fourth-order valence-electron chi connectivity index (χ4n) is 2.83. The van der Waals surface area contributed by atoms with Gasteiger partial charge in [-0.2, -0.15) is 5.10 Å². The van der Waals surface area contributed by atoms with Gasteiger partial charge in [0, 0.05) is 12.2 Å². The second-order valence-corrected chi connectivity index (χ2v) is 7.03. The SMILES string of the molecule is CC(C)C(NC(=O)NCc1ccccc1)C(=O)Nc1ccc(-n2cncn2)c(F)c1. The summed E-state index contributed by atoms with van der Waals surface area (Å²) in [6, 6.07) is 12.4. The second-order valence-electron chi connectivity index (χ2n) is 7.03. The summed E-state index contributed by atoms with van der Waals surface area (Å²) in [5, 5.41) is 11.9. The van der Waals surface area contributed by atoms with Crippen LogP contribution in [0.4, 0.5) is 14.9 Å². The maximum absolute atomic E-state index is 14.4. The molecule has 1 aromatic heterocycles. The van der Waals surface area contributed by atoms with Crippen molar-refractivity contribution in [2.24, 2.45) is 5.92 Å². The summed E-state index contributed by atoms with van der Waals surface area (Å²) in [6.45, 7) is 3.97. The van der Waals surface area contributed by atoms with Gasteiger partial charge in [0.25, 0.3) is 0 Å². The fourth-order valence-corrected chi connectivity index (χ4v) is 2.83. The lowest BCUT2D eigenvalue weighted by molar-refractivity contribution is -0.118. The first-order valence-electron chi connectivity index (χ1n) is 9.47. The molecule has 156 valence electrons. The van der Waals surface area contributed by atoms with Crippen molar-refractivity contribution in [2.45, 2.75) is 26.4 Å². The Kier molecular flexibility index (Phi) is 6.74. The van der Waals surface area contributed by atoms with Gasteiger partial charge in [0.1, 0.15) is 24.4 Å². The molecule has 0 aliphatic heterocycles. The Morgan fingerprint density at radius 2 is 1.90 bits per heavy atom. The minimum absolute atomic E-state index is 0.174. The van der Waals surface area contributed by atoms with E-state index in [4.69, 9.17) is 0 Å². The predicted molar refractivity (Wildman–Crippen MR) is 110 cm³/mol. The molecule has 0 aliphatic carbocycles. The third-order valence-electron chi connectivity index (χ3n) is 4.41. The molecule has 1 heterocycles.